The average molecular weight is 441 g/mol. The Morgan fingerprint density at radius 3 is 2.59 bits per heavy atom. The van der Waals surface area contributed by atoms with E-state index in [0.29, 0.717) is 24.3 Å². The number of carbonyl (C=O) groups is 3. The molecule has 1 aromatic carbocycles. The summed E-state index contributed by atoms with van der Waals surface area (Å²) in [6, 6.07) is 5.49. The number of likely N-dealkylation sites (N-methyl/N-ethyl adjacent to an activating group) is 1. The Morgan fingerprint density at radius 2 is 1.93 bits per heavy atom. The van der Waals surface area contributed by atoms with Crippen molar-refractivity contribution in [2.45, 2.75) is 25.3 Å². The second-order valence-corrected chi connectivity index (χ2v) is 9.27. The van der Waals surface area contributed by atoms with Crippen LogP contribution in [0.15, 0.2) is 29.3 Å². The first kappa shape index (κ1) is 21.3. The second kappa shape index (κ2) is 8.50. The molecular weight excluding hydrogens is 420 g/mol. The molecule has 1 atom stereocenters. The van der Waals surface area contributed by atoms with Crippen LogP contribution in [0.3, 0.4) is 0 Å². The lowest BCUT2D eigenvalue weighted by Crippen LogP contribution is -2.59. The molecule has 29 heavy (non-hydrogen) atoms. The van der Waals surface area contributed by atoms with Gasteiger partial charge in [-0.25, -0.2) is 17.7 Å². The second-order valence-electron chi connectivity index (χ2n) is 6.82. The molecular formula is C18H21ClN4O5S. The average Bonchev–Trinajstić information content (AvgIpc) is 2.68. The molecule has 1 aromatic rings. The fraction of sp³-hybridized carbons (Fsp3) is 0.444. The van der Waals surface area contributed by atoms with E-state index in [9.17, 15) is 22.8 Å². The normalized spacial score (nSPS) is 21.7. The zero-order chi connectivity index (χ0) is 21.2. The van der Waals surface area contributed by atoms with Crippen LogP contribution in [-0.2, 0) is 30.8 Å². The maximum atomic E-state index is 12.5. The van der Waals surface area contributed by atoms with Crippen LogP contribution < -0.4 is 5.32 Å². The van der Waals surface area contributed by atoms with Crippen LogP contribution in [0.1, 0.15) is 18.4 Å². The van der Waals surface area contributed by atoms with Gasteiger partial charge in [0.2, 0.25) is 16.0 Å². The lowest BCUT2D eigenvalue weighted by Gasteiger charge is -2.35. The number of amides is 2. The number of Topliss-reactive ketones (excluding diaryl/α,β-unsaturated/α-hetero) is 1. The van der Waals surface area contributed by atoms with E-state index < -0.39 is 33.7 Å². The van der Waals surface area contributed by atoms with Gasteiger partial charge >= 0.3 is 0 Å². The minimum atomic E-state index is -3.65. The van der Waals surface area contributed by atoms with E-state index in [-0.39, 0.29) is 24.8 Å². The van der Waals surface area contributed by atoms with Crippen molar-refractivity contribution in [3.05, 3.63) is 34.9 Å². The molecule has 156 valence electrons. The van der Waals surface area contributed by atoms with E-state index in [4.69, 9.17) is 11.6 Å². The molecule has 0 bridgehead atoms. The van der Waals surface area contributed by atoms with E-state index in [1.165, 1.54) is 7.05 Å². The van der Waals surface area contributed by atoms with Crippen molar-refractivity contribution in [1.82, 2.24) is 14.5 Å². The first-order chi connectivity index (χ1) is 13.7. The fourth-order valence-corrected chi connectivity index (χ4v) is 4.88. The molecule has 0 spiro atoms. The quantitative estimate of drug-likeness (QED) is 0.530. The van der Waals surface area contributed by atoms with E-state index in [2.05, 4.69) is 10.3 Å². The molecule has 1 saturated heterocycles. The highest BCUT2D eigenvalue weighted by molar-refractivity contribution is 7.89. The number of nitrogens with zero attached hydrogens (tertiary/aromatic N) is 3. The Hall–Kier alpha value is -2.46. The maximum absolute atomic E-state index is 12.5. The van der Waals surface area contributed by atoms with Gasteiger partial charge in [-0.15, -0.1) is 0 Å². The lowest BCUT2D eigenvalue weighted by molar-refractivity contribution is -0.145. The van der Waals surface area contributed by atoms with Gasteiger partial charge in [-0.2, -0.15) is 0 Å². The van der Waals surface area contributed by atoms with Crippen LogP contribution in [0.25, 0.3) is 0 Å². The fourth-order valence-electron chi connectivity index (χ4n) is 3.13. The van der Waals surface area contributed by atoms with Crippen LogP contribution in [0.4, 0.5) is 0 Å². The predicted octanol–water partition coefficient (Wildman–Crippen LogP) is 0.190. The summed E-state index contributed by atoms with van der Waals surface area (Å²) < 4.78 is 25.7. The van der Waals surface area contributed by atoms with Crippen molar-refractivity contribution in [2.75, 3.05) is 25.9 Å². The lowest BCUT2D eigenvalue weighted by atomic mass is 10.1. The number of hydrogen-bond donors (Lipinski definition) is 1. The van der Waals surface area contributed by atoms with Crippen molar-refractivity contribution in [1.29, 1.82) is 0 Å². The van der Waals surface area contributed by atoms with Gasteiger partial charge in [-0.1, -0.05) is 23.7 Å². The largest absolute Gasteiger partial charge is 0.353 e. The number of halogens is 1. The molecule has 2 heterocycles. The number of aliphatic imine (C=N–C) groups is 1. The highest BCUT2D eigenvalue weighted by Gasteiger charge is 2.43. The zero-order valence-corrected chi connectivity index (χ0v) is 17.4. The van der Waals surface area contributed by atoms with Gasteiger partial charge in [0.15, 0.2) is 6.04 Å². The molecule has 1 unspecified atom stereocenters. The van der Waals surface area contributed by atoms with Gasteiger partial charge in [0, 0.05) is 25.2 Å². The van der Waals surface area contributed by atoms with Crippen molar-refractivity contribution < 1.29 is 22.8 Å². The number of benzene rings is 1. The number of guanidine groups is 1. The molecule has 0 aliphatic carbocycles. The Morgan fingerprint density at radius 1 is 1.24 bits per heavy atom. The maximum Gasteiger partial charge on any atom is 0.299 e. The van der Waals surface area contributed by atoms with E-state index >= 15 is 0 Å². The Balaban J connectivity index is 1.74. The molecule has 2 aliphatic heterocycles. The van der Waals surface area contributed by atoms with Gasteiger partial charge in [-0.05, 0) is 37.0 Å². The summed E-state index contributed by atoms with van der Waals surface area (Å²) in [4.78, 5) is 42.0. The molecule has 11 heteroatoms. The van der Waals surface area contributed by atoms with Gasteiger partial charge < -0.3 is 5.32 Å². The zero-order valence-electron chi connectivity index (χ0n) is 15.8. The first-order valence-electron chi connectivity index (χ1n) is 9.13. The van der Waals surface area contributed by atoms with Crippen molar-refractivity contribution >= 4 is 45.2 Å². The number of carbonyl (C=O) groups excluding carboxylic acids is 3. The van der Waals surface area contributed by atoms with Crippen LogP contribution in [-0.4, -0.2) is 73.1 Å². The molecule has 2 aliphatic rings. The highest BCUT2D eigenvalue weighted by atomic mass is 35.5. The summed E-state index contributed by atoms with van der Waals surface area (Å²) in [6.07, 6.45) is 1.61. The number of ketones is 1. The summed E-state index contributed by atoms with van der Waals surface area (Å²) in [5.74, 6) is -2.95. The van der Waals surface area contributed by atoms with Gasteiger partial charge in [-0.3, -0.25) is 19.3 Å². The highest BCUT2D eigenvalue weighted by Crippen LogP contribution is 2.19. The molecule has 9 nitrogen and oxygen atoms in total. The van der Waals surface area contributed by atoms with Crippen LogP contribution in [0.2, 0.25) is 5.02 Å². The Labute approximate surface area is 173 Å². The first-order valence-corrected chi connectivity index (χ1v) is 11.1. The van der Waals surface area contributed by atoms with Gasteiger partial charge in [0.1, 0.15) is 0 Å². The van der Waals surface area contributed by atoms with Crippen molar-refractivity contribution in [2.24, 2.45) is 4.99 Å². The third-order valence-electron chi connectivity index (χ3n) is 4.76. The molecule has 0 saturated carbocycles. The minimum absolute atomic E-state index is 0.0695. The van der Waals surface area contributed by atoms with E-state index in [1.54, 1.807) is 12.1 Å². The Bertz CT molecular complexity index is 961. The summed E-state index contributed by atoms with van der Waals surface area (Å²) in [5, 5.41) is 3.19. The van der Waals surface area contributed by atoms with E-state index in [0.717, 1.165) is 14.8 Å². The molecule has 0 aromatic heterocycles. The van der Waals surface area contributed by atoms with Crippen molar-refractivity contribution in [3.8, 4) is 0 Å². The SMILES string of the molecule is CN1C(=O)C(=O)C(C(=O)NCCc2ccc(Cl)cc2)N=C1N1CCCCS1(=O)=O. The molecule has 3 rings (SSSR count). The van der Waals surface area contributed by atoms with Gasteiger partial charge in [0.25, 0.3) is 17.6 Å². The third kappa shape index (κ3) is 4.59. The smallest absolute Gasteiger partial charge is 0.299 e. The summed E-state index contributed by atoms with van der Waals surface area (Å²) in [7, 11) is -2.37. The molecule has 1 N–H and O–H groups in total. The number of hydrogen-bond acceptors (Lipinski definition) is 6. The molecule has 0 radical (unpaired) electrons. The minimum Gasteiger partial charge on any atom is -0.353 e. The van der Waals surface area contributed by atoms with Crippen LogP contribution in [0, 0.1) is 0 Å². The summed E-state index contributed by atoms with van der Waals surface area (Å²) in [6.45, 7) is 0.374. The number of sulfonamides is 1. The third-order valence-corrected chi connectivity index (χ3v) is 6.83. The number of nitrogens with one attached hydrogen (secondary N) is 1. The van der Waals surface area contributed by atoms with E-state index in [1.807, 2.05) is 12.1 Å². The number of rotatable bonds is 4. The molecule has 1 fully saturated rings. The summed E-state index contributed by atoms with van der Waals surface area (Å²) in [5.41, 5.74) is 0.934. The standard InChI is InChI=1S/C18H21ClN4O5S/c1-22-17(26)15(24)14(21-18(22)23-10-2-3-11-29(23,27)28)16(25)20-9-8-12-4-6-13(19)7-5-12/h4-7,14H,2-3,8-11H2,1H3,(H,20,25). The predicted molar refractivity (Wildman–Crippen MR) is 107 cm³/mol. The topological polar surface area (TPSA) is 116 Å². The monoisotopic (exact) mass is 440 g/mol. The van der Waals surface area contributed by atoms with Gasteiger partial charge in [0.05, 0.1) is 5.75 Å². The molecule has 2 amide bonds. The van der Waals surface area contributed by atoms with Crippen LogP contribution >= 0.6 is 11.6 Å². The van der Waals surface area contributed by atoms with Crippen LogP contribution in [0.5, 0.6) is 0 Å². The Kier molecular flexibility index (Phi) is 6.23. The van der Waals surface area contributed by atoms with Crippen molar-refractivity contribution in [3.63, 3.8) is 0 Å². The summed E-state index contributed by atoms with van der Waals surface area (Å²) >= 11 is 5.83.